The first-order chi connectivity index (χ1) is 15.5. The minimum Gasteiger partial charge on any atom is -0.494 e. The molecule has 5 nitrogen and oxygen atoms in total. The Bertz CT molecular complexity index is 1070. The summed E-state index contributed by atoms with van der Waals surface area (Å²) in [7, 11) is 0. The van der Waals surface area contributed by atoms with E-state index >= 15 is 0 Å². The highest BCUT2D eigenvalue weighted by Crippen LogP contribution is 2.22. The summed E-state index contributed by atoms with van der Waals surface area (Å²) in [6, 6.07) is 20.5. The molecule has 0 aromatic heterocycles. The van der Waals surface area contributed by atoms with Gasteiger partial charge in [0, 0.05) is 5.57 Å². The average Bonchev–Trinajstić information content (AvgIpc) is 2.80. The Balaban J connectivity index is 1.36. The monoisotopic (exact) mass is 432 g/mol. The summed E-state index contributed by atoms with van der Waals surface area (Å²) in [6.07, 6.45) is 3.68. The first-order valence-corrected chi connectivity index (χ1v) is 10.8. The Kier molecular flexibility index (Phi) is 8.44. The Labute approximate surface area is 188 Å². The van der Waals surface area contributed by atoms with Crippen molar-refractivity contribution < 1.29 is 23.8 Å². The van der Waals surface area contributed by atoms with E-state index in [0.29, 0.717) is 35.8 Å². The second-order valence-electron chi connectivity index (χ2n) is 7.60. The summed E-state index contributed by atoms with van der Waals surface area (Å²) in [6.45, 7) is 6.20. The number of hydrogen-bond acceptors (Lipinski definition) is 5. The fourth-order valence-electron chi connectivity index (χ4n) is 3.12. The van der Waals surface area contributed by atoms with Crippen molar-refractivity contribution in [3.05, 3.63) is 84.4 Å². The first kappa shape index (κ1) is 23.1. The first-order valence-electron chi connectivity index (χ1n) is 10.8. The summed E-state index contributed by atoms with van der Waals surface area (Å²) in [5, 5.41) is 2.12. The minimum atomic E-state index is -0.404. The molecule has 0 aliphatic carbocycles. The maximum absolute atomic E-state index is 12.4. The summed E-state index contributed by atoms with van der Waals surface area (Å²) in [5.41, 5.74) is 0.890. The van der Waals surface area contributed by atoms with Crippen LogP contribution in [0, 0.1) is 0 Å². The highest BCUT2D eigenvalue weighted by atomic mass is 16.5. The van der Waals surface area contributed by atoms with Gasteiger partial charge in [-0.25, -0.2) is 9.59 Å². The number of carbonyl (C=O) groups excluding carboxylic acids is 2. The van der Waals surface area contributed by atoms with E-state index in [1.807, 2.05) is 36.4 Å². The SMILES string of the molecule is C=C(C)C(=O)OCCCCCCOc1ccc(C(=O)Oc2ccc3ccccc3c2)cc1. The van der Waals surface area contributed by atoms with Gasteiger partial charge in [-0.05, 0) is 79.8 Å². The molecule has 0 amide bonds. The van der Waals surface area contributed by atoms with E-state index in [-0.39, 0.29) is 5.97 Å². The zero-order chi connectivity index (χ0) is 22.8. The van der Waals surface area contributed by atoms with E-state index in [1.165, 1.54) is 0 Å². The molecule has 3 aromatic rings. The van der Waals surface area contributed by atoms with Crippen LogP contribution in [0.5, 0.6) is 11.5 Å². The third-order valence-corrected chi connectivity index (χ3v) is 4.91. The van der Waals surface area contributed by atoms with Gasteiger partial charge in [-0.2, -0.15) is 0 Å². The van der Waals surface area contributed by atoms with E-state index in [1.54, 1.807) is 37.3 Å². The van der Waals surface area contributed by atoms with Crippen molar-refractivity contribution in [2.45, 2.75) is 32.6 Å². The Hall–Kier alpha value is -3.60. The molecule has 0 aliphatic rings. The van der Waals surface area contributed by atoms with Gasteiger partial charge in [0.2, 0.25) is 0 Å². The van der Waals surface area contributed by atoms with Crippen molar-refractivity contribution >= 4 is 22.7 Å². The highest BCUT2D eigenvalue weighted by Gasteiger charge is 2.09. The quantitative estimate of drug-likeness (QED) is 0.158. The fourth-order valence-corrected chi connectivity index (χ4v) is 3.12. The maximum Gasteiger partial charge on any atom is 0.343 e. The molecule has 0 atom stereocenters. The number of carbonyl (C=O) groups is 2. The van der Waals surface area contributed by atoms with Crippen LogP contribution >= 0.6 is 0 Å². The normalized spacial score (nSPS) is 10.5. The minimum absolute atomic E-state index is 0.335. The van der Waals surface area contributed by atoms with Crippen LogP contribution in [-0.4, -0.2) is 25.2 Å². The molecule has 0 spiro atoms. The second kappa shape index (κ2) is 11.7. The van der Waals surface area contributed by atoms with Gasteiger partial charge in [-0.15, -0.1) is 0 Å². The van der Waals surface area contributed by atoms with Crippen molar-refractivity contribution in [3.8, 4) is 11.5 Å². The Morgan fingerprint density at radius 2 is 1.44 bits per heavy atom. The second-order valence-corrected chi connectivity index (χ2v) is 7.60. The topological polar surface area (TPSA) is 61.8 Å². The zero-order valence-electron chi connectivity index (χ0n) is 18.3. The van der Waals surface area contributed by atoms with Crippen LogP contribution in [0.2, 0.25) is 0 Å². The van der Waals surface area contributed by atoms with Gasteiger partial charge in [0.15, 0.2) is 0 Å². The number of benzene rings is 3. The van der Waals surface area contributed by atoms with Crippen LogP contribution in [0.15, 0.2) is 78.9 Å². The lowest BCUT2D eigenvalue weighted by Crippen LogP contribution is -2.08. The van der Waals surface area contributed by atoms with Gasteiger partial charge in [-0.1, -0.05) is 36.9 Å². The molecule has 0 saturated heterocycles. The summed E-state index contributed by atoms with van der Waals surface area (Å²) in [5.74, 6) is 0.489. The van der Waals surface area contributed by atoms with E-state index in [2.05, 4.69) is 6.58 Å². The molecule has 5 heteroatoms. The van der Waals surface area contributed by atoms with Crippen LogP contribution in [-0.2, 0) is 9.53 Å². The maximum atomic E-state index is 12.4. The number of esters is 2. The van der Waals surface area contributed by atoms with Crippen molar-refractivity contribution in [1.82, 2.24) is 0 Å². The van der Waals surface area contributed by atoms with E-state index in [0.717, 1.165) is 36.5 Å². The summed E-state index contributed by atoms with van der Waals surface area (Å²) < 4.78 is 16.3. The third-order valence-electron chi connectivity index (χ3n) is 4.91. The Morgan fingerprint density at radius 3 is 2.16 bits per heavy atom. The van der Waals surface area contributed by atoms with E-state index in [4.69, 9.17) is 14.2 Å². The summed E-state index contributed by atoms with van der Waals surface area (Å²) in [4.78, 5) is 23.7. The molecular formula is C27H28O5. The molecule has 0 saturated carbocycles. The van der Waals surface area contributed by atoms with Gasteiger partial charge < -0.3 is 14.2 Å². The molecule has 3 rings (SSSR count). The molecule has 32 heavy (non-hydrogen) atoms. The van der Waals surface area contributed by atoms with Crippen LogP contribution in [0.4, 0.5) is 0 Å². The number of rotatable bonds is 11. The van der Waals surface area contributed by atoms with Gasteiger partial charge in [-0.3, -0.25) is 0 Å². The number of unbranched alkanes of at least 4 members (excludes halogenated alkanes) is 3. The fraction of sp³-hybridized carbons (Fsp3) is 0.259. The van der Waals surface area contributed by atoms with Crippen LogP contribution in [0.25, 0.3) is 10.8 Å². The molecule has 0 unspecified atom stereocenters. The molecule has 0 N–H and O–H groups in total. The zero-order valence-corrected chi connectivity index (χ0v) is 18.3. The molecule has 0 radical (unpaired) electrons. The predicted molar refractivity (Wildman–Crippen MR) is 125 cm³/mol. The van der Waals surface area contributed by atoms with Crippen molar-refractivity contribution in [2.75, 3.05) is 13.2 Å². The largest absolute Gasteiger partial charge is 0.494 e. The molecular weight excluding hydrogens is 404 g/mol. The molecule has 0 fully saturated rings. The van der Waals surface area contributed by atoms with E-state index < -0.39 is 5.97 Å². The van der Waals surface area contributed by atoms with Gasteiger partial charge in [0.25, 0.3) is 0 Å². The van der Waals surface area contributed by atoms with Gasteiger partial charge in [0.1, 0.15) is 11.5 Å². The number of ether oxygens (including phenoxy) is 3. The summed E-state index contributed by atoms with van der Waals surface area (Å²) >= 11 is 0. The highest BCUT2D eigenvalue weighted by molar-refractivity contribution is 5.92. The number of fused-ring (bicyclic) bond motifs is 1. The van der Waals surface area contributed by atoms with Crippen LogP contribution < -0.4 is 9.47 Å². The standard InChI is InChI=1S/C27H28O5/c1-20(2)26(28)31-18-8-4-3-7-17-30-24-14-12-22(13-15-24)27(29)32-25-16-11-21-9-5-6-10-23(21)19-25/h5-6,9-16,19H,1,3-4,7-8,17-18H2,2H3. The van der Waals surface area contributed by atoms with Gasteiger partial charge in [0.05, 0.1) is 18.8 Å². The predicted octanol–water partition coefficient (Wildman–Crippen LogP) is 6.12. The van der Waals surface area contributed by atoms with Crippen LogP contribution in [0.1, 0.15) is 43.0 Å². The third kappa shape index (κ3) is 6.98. The van der Waals surface area contributed by atoms with Crippen molar-refractivity contribution in [1.29, 1.82) is 0 Å². The van der Waals surface area contributed by atoms with Crippen molar-refractivity contribution in [3.63, 3.8) is 0 Å². The molecule has 3 aromatic carbocycles. The molecule has 0 aliphatic heterocycles. The Morgan fingerprint density at radius 1 is 0.781 bits per heavy atom. The van der Waals surface area contributed by atoms with Gasteiger partial charge >= 0.3 is 11.9 Å². The molecule has 166 valence electrons. The number of hydrogen-bond donors (Lipinski definition) is 0. The van der Waals surface area contributed by atoms with Crippen LogP contribution in [0.3, 0.4) is 0 Å². The average molecular weight is 433 g/mol. The molecule has 0 heterocycles. The smallest absolute Gasteiger partial charge is 0.343 e. The van der Waals surface area contributed by atoms with Crippen molar-refractivity contribution in [2.24, 2.45) is 0 Å². The molecule has 0 bridgehead atoms. The lowest BCUT2D eigenvalue weighted by Gasteiger charge is -2.08. The lowest BCUT2D eigenvalue weighted by atomic mass is 10.1. The van der Waals surface area contributed by atoms with E-state index in [9.17, 15) is 9.59 Å². The lowest BCUT2D eigenvalue weighted by molar-refractivity contribution is -0.139.